The number of rotatable bonds is 10. The summed E-state index contributed by atoms with van der Waals surface area (Å²) in [6, 6.07) is 14.5. The molecule has 0 unspecified atom stereocenters. The fraction of sp³-hybridized carbons (Fsp3) is 0.500. The summed E-state index contributed by atoms with van der Waals surface area (Å²) >= 11 is 0. The Kier molecular flexibility index (Phi) is 17.4. The van der Waals surface area contributed by atoms with Gasteiger partial charge in [0.05, 0.1) is 0 Å². The number of aryl methyl sites for hydroxylation is 2. The standard InChI is InChI=1S/2C12H18O.Ba/c2*1-2-3-4-5-7-11-8-6-9-12(13)10-11;/h2*6,8-10,13H,2-5,7H2,1H3;/q;;+2/p-2. The van der Waals surface area contributed by atoms with Crippen molar-refractivity contribution in [3.05, 3.63) is 59.7 Å². The zero-order valence-corrected chi connectivity index (χ0v) is 21.7. The maximum Gasteiger partial charge on any atom is 2.00 e. The largest absolute Gasteiger partial charge is 2.00 e. The van der Waals surface area contributed by atoms with Crippen LogP contribution in [-0.4, -0.2) is 48.9 Å². The van der Waals surface area contributed by atoms with E-state index in [0.717, 1.165) is 12.8 Å². The SMILES string of the molecule is CCCCCCc1cccc([O-])c1.CCCCCCc1cccc([O-])c1.[Ba+2]. The van der Waals surface area contributed by atoms with E-state index in [9.17, 15) is 10.2 Å². The fourth-order valence-corrected chi connectivity index (χ4v) is 2.91. The molecule has 0 bridgehead atoms. The van der Waals surface area contributed by atoms with Gasteiger partial charge in [0, 0.05) is 0 Å². The predicted molar refractivity (Wildman–Crippen MR) is 113 cm³/mol. The molecule has 3 heteroatoms. The zero-order chi connectivity index (χ0) is 19.0. The van der Waals surface area contributed by atoms with Gasteiger partial charge in [0.1, 0.15) is 0 Å². The third-order valence-corrected chi connectivity index (χ3v) is 4.43. The van der Waals surface area contributed by atoms with Crippen molar-refractivity contribution >= 4 is 48.9 Å². The number of hydrogen-bond acceptors (Lipinski definition) is 2. The molecule has 2 aromatic rings. The molecule has 0 saturated carbocycles. The molecule has 2 nitrogen and oxygen atoms in total. The van der Waals surface area contributed by atoms with Crippen molar-refractivity contribution in [1.29, 1.82) is 0 Å². The maximum absolute atomic E-state index is 11.0. The van der Waals surface area contributed by atoms with Gasteiger partial charge >= 0.3 is 48.9 Å². The Morgan fingerprint density at radius 2 is 1.00 bits per heavy atom. The number of hydrogen-bond donors (Lipinski definition) is 0. The van der Waals surface area contributed by atoms with Gasteiger partial charge in [-0.05, 0) is 36.8 Å². The molecule has 0 N–H and O–H groups in total. The first kappa shape index (κ1) is 26.6. The van der Waals surface area contributed by atoms with Gasteiger partial charge in [-0.15, -0.1) is 11.5 Å². The predicted octanol–water partition coefficient (Wildman–Crippen LogP) is 5.39. The quantitative estimate of drug-likeness (QED) is 0.331. The van der Waals surface area contributed by atoms with Crippen LogP contribution in [0.3, 0.4) is 0 Å². The molecule has 0 aromatic heterocycles. The summed E-state index contributed by atoms with van der Waals surface area (Å²) in [7, 11) is 0. The number of benzene rings is 2. The average molecular weight is 492 g/mol. The van der Waals surface area contributed by atoms with E-state index in [1.54, 1.807) is 24.3 Å². The van der Waals surface area contributed by atoms with Crippen LogP contribution in [0.4, 0.5) is 0 Å². The molecule has 2 aromatic carbocycles. The molecular formula is C24H34BaO2. The third kappa shape index (κ3) is 14.3. The van der Waals surface area contributed by atoms with Crippen LogP contribution in [0.5, 0.6) is 11.5 Å². The van der Waals surface area contributed by atoms with Gasteiger partial charge in [0.15, 0.2) is 0 Å². The molecule has 144 valence electrons. The second kappa shape index (κ2) is 17.7. The summed E-state index contributed by atoms with van der Waals surface area (Å²) in [5.74, 6) is 0.265. The monoisotopic (exact) mass is 492 g/mol. The van der Waals surface area contributed by atoms with E-state index in [4.69, 9.17) is 0 Å². The first-order valence-electron chi connectivity index (χ1n) is 10.2. The summed E-state index contributed by atoms with van der Waals surface area (Å²) in [6.45, 7) is 4.41. The Balaban J connectivity index is 0.000000483. The van der Waals surface area contributed by atoms with Gasteiger partial charge < -0.3 is 10.2 Å². The van der Waals surface area contributed by atoms with Gasteiger partial charge in [-0.1, -0.05) is 101 Å². The third-order valence-electron chi connectivity index (χ3n) is 4.43. The van der Waals surface area contributed by atoms with E-state index < -0.39 is 0 Å². The summed E-state index contributed by atoms with van der Waals surface area (Å²) in [6.07, 6.45) is 12.2. The summed E-state index contributed by atoms with van der Waals surface area (Å²) in [4.78, 5) is 0. The Morgan fingerprint density at radius 1 is 0.593 bits per heavy atom. The minimum atomic E-state index is 0. The topological polar surface area (TPSA) is 46.1 Å². The molecule has 0 aliphatic rings. The molecule has 0 aliphatic heterocycles. The maximum atomic E-state index is 11.0. The Labute approximate surface area is 206 Å². The van der Waals surface area contributed by atoms with Crippen molar-refractivity contribution in [2.24, 2.45) is 0 Å². The molecule has 0 saturated heterocycles. The molecule has 0 spiro atoms. The minimum Gasteiger partial charge on any atom is -0.872 e. The Bertz CT molecular complexity index is 545. The molecule has 2 rings (SSSR count). The van der Waals surface area contributed by atoms with Gasteiger partial charge in [-0.2, -0.15) is 0 Å². The van der Waals surface area contributed by atoms with Crippen molar-refractivity contribution < 1.29 is 10.2 Å². The van der Waals surface area contributed by atoms with Crippen molar-refractivity contribution in [3.8, 4) is 11.5 Å². The minimum absolute atomic E-state index is 0. The molecule has 0 radical (unpaired) electrons. The summed E-state index contributed by atoms with van der Waals surface area (Å²) in [5.41, 5.74) is 2.37. The normalized spacial score (nSPS) is 9.85. The van der Waals surface area contributed by atoms with Crippen molar-refractivity contribution in [1.82, 2.24) is 0 Å². The van der Waals surface area contributed by atoms with E-state index >= 15 is 0 Å². The average Bonchev–Trinajstić information content (AvgIpc) is 2.63. The van der Waals surface area contributed by atoms with Crippen LogP contribution in [0, 0.1) is 0 Å². The molecule has 0 aliphatic carbocycles. The van der Waals surface area contributed by atoms with E-state index in [2.05, 4.69) is 13.8 Å². The molecular weight excluding hydrogens is 458 g/mol. The summed E-state index contributed by atoms with van der Waals surface area (Å²) in [5, 5.41) is 22.0. The number of unbranched alkanes of at least 4 members (excludes halogenated alkanes) is 6. The zero-order valence-electron chi connectivity index (χ0n) is 17.2. The molecule has 0 atom stereocenters. The Morgan fingerprint density at radius 3 is 1.33 bits per heavy atom. The molecule has 27 heavy (non-hydrogen) atoms. The van der Waals surface area contributed by atoms with Gasteiger partial charge in [0.25, 0.3) is 0 Å². The Hall–Kier alpha value is -0.389. The van der Waals surface area contributed by atoms with Gasteiger partial charge in [-0.3, -0.25) is 0 Å². The van der Waals surface area contributed by atoms with E-state index in [1.165, 1.54) is 62.5 Å². The van der Waals surface area contributed by atoms with Crippen LogP contribution >= 0.6 is 0 Å². The second-order valence-corrected chi connectivity index (χ2v) is 6.92. The molecule has 0 fully saturated rings. The first-order chi connectivity index (χ1) is 12.7. The van der Waals surface area contributed by atoms with Crippen LogP contribution in [0.2, 0.25) is 0 Å². The van der Waals surface area contributed by atoms with E-state index in [0.29, 0.717) is 0 Å². The van der Waals surface area contributed by atoms with E-state index in [1.807, 2.05) is 24.3 Å². The van der Waals surface area contributed by atoms with Crippen LogP contribution in [0.25, 0.3) is 0 Å². The van der Waals surface area contributed by atoms with Gasteiger partial charge in [0.2, 0.25) is 0 Å². The fourth-order valence-electron chi connectivity index (χ4n) is 2.91. The summed E-state index contributed by atoms with van der Waals surface area (Å²) < 4.78 is 0. The molecule has 0 heterocycles. The van der Waals surface area contributed by atoms with Crippen LogP contribution in [0.1, 0.15) is 76.3 Å². The van der Waals surface area contributed by atoms with E-state index in [-0.39, 0.29) is 60.4 Å². The second-order valence-electron chi connectivity index (χ2n) is 6.92. The van der Waals surface area contributed by atoms with Crippen molar-refractivity contribution in [2.45, 2.75) is 78.1 Å². The van der Waals surface area contributed by atoms with Crippen molar-refractivity contribution in [2.75, 3.05) is 0 Å². The van der Waals surface area contributed by atoms with Crippen molar-refractivity contribution in [3.63, 3.8) is 0 Å². The smallest absolute Gasteiger partial charge is 0.872 e. The first-order valence-corrected chi connectivity index (χ1v) is 10.2. The molecule has 0 amide bonds. The van der Waals surface area contributed by atoms with Gasteiger partial charge in [-0.25, -0.2) is 0 Å². The van der Waals surface area contributed by atoms with Crippen LogP contribution in [-0.2, 0) is 12.8 Å². The van der Waals surface area contributed by atoms with Crippen LogP contribution < -0.4 is 10.2 Å². The van der Waals surface area contributed by atoms with Crippen LogP contribution in [0.15, 0.2) is 48.5 Å².